The van der Waals surface area contributed by atoms with Crippen molar-refractivity contribution in [2.75, 3.05) is 17.6 Å². The molecule has 2 N–H and O–H groups in total. The number of thiazole rings is 1. The van der Waals surface area contributed by atoms with Crippen LogP contribution in [0.4, 0.5) is 5.69 Å². The number of hydrogen-bond donors (Lipinski definition) is 2. The maximum Gasteiger partial charge on any atom is 0.255 e. The number of amides is 2. The Hall–Kier alpha value is -2.68. The van der Waals surface area contributed by atoms with Crippen molar-refractivity contribution in [3.63, 3.8) is 0 Å². The van der Waals surface area contributed by atoms with E-state index in [1.165, 1.54) is 28.7 Å². The zero-order valence-corrected chi connectivity index (χ0v) is 20.2. The standard InChI is InChI=1S/C24H20BrN3O2S2/c25-18-8-6-17(7-9-18)23(30)27-19-10-11-20-21(14-19)32-24(28-20)31-15-22(29)26-13-12-16-4-2-1-3-5-16/h1-11,14H,12-13,15H2,(H,26,29)(H,27,30). The number of hydrogen-bond acceptors (Lipinski definition) is 5. The minimum absolute atomic E-state index is 0.00682. The number of fused-ring (bicyclic) bond motifs is 1. The molecule has 4 rings (SSSR count). The van der Waals surface area contributed by atoms with Crippen molar-refractivity contribution in [3.05, 3.63) is 88.4 Å². The van der Waals surface area contributed by atoms with Crippen LogP contribution in [-0.4, -0.2) is 29.1 Å². The highest BCUT2D eigenvalue weighted by Crippen LogP contribution is 2.31. The van der Waals surface area contributed by atoms with Gasteiger partial charge >= 0.3 is 0 Å². The van der Waals surface area contributed by atoms with E-state index in [4.69, 9.17) is 0 Å². The van der Waals surface area contributed by atoms with Crippen LogP contribution in [0.25, 0.3) is 10.2 Å². The number of rotatable bonds is 8. The molecular formula is C24H20BrN3O2S2. The largest absolute Gasteiger partial charge is 0.355 e. The van der Waals surface area contributed by atoms with Crippen LogP contribution in [0, 0.1) is 0 Å². The molecule has 162 valence electrons. The molecule has 0 saturated heterocycles. The van der Waals surface area contributed by atoms with E-state index in [0.717, 1.165) is 25.4 Å². The van der Waals surface area contributed by atoms with Gasteiger partial charge in [-0.15, -0.1) is 11.3 Å². The van der Waals surface area contributed by atoms with E-state index in [1.54, 1.807) is 12.1 Å². The topological polar surface area (TPSA) is 71.1 Å². The number of carbonyl (C=O) groups excluding carboxylic acids is 2. The highest BCUT2D eigenvalue weighted by molar-refractivity contribution is 9.10. The molecule has 5 nitrogen and oxygen atoms in total. The van der Waals surface area contributed by atoms with E-state index >= 15 is 0 Å². The Kier molecular flexibility index (Phi) is 7.57. The SMILES string of the molecule is O=C(CSc1nc2ccc(NC(=O)c3ccc(Br)cc3)cc2s1)NCCc1ccccc1. The van der Waals surface area contributed by atoms with Crippen LogP contribution in [0.5, 0.6) is 0 Å². The van der Waals surface area contributed by atoms with Gasteiger partial charge in [-0.2, -0.15) is 0 Å². The monoisotopic (exact) mass is 525 g/mol. The summed E-state index contributed by atoms with van der Waals surface area (Å²) in [5.74, 6) is 0.151. The summed E-state index contributed by atoms with van der Waals surface area (Å²) < 4.78 is 2.72. The Morgan fingerprint density at radius 1 is 1.00 bits per heavy atom. The van der Waals surface area contributed by atoms with Crippen molar-refractivity contribution >= 4 is 66.7 Å². The normalized spacial score (nSPS) is 10.8. The van der Waals surface area contributed by atoms with E-state index in [0.29, 0.717) is 23.5 Å². The zero-order valence-electron chi connectivity index (χ0n) is 17.0. The Labute approximate surface area is 202 Å². The number of thioether (sulfide) groups is 1. The molecule has 1 aromatic heterocycles. The van der Waals surface area contributed by atoms with Gasteiger partial charge in [-0.05, 0) is 54.4 Å². The summed E-state index contributed by atoms with van der Waals surface area (Å²) in [7, 11) is 0. The third-order valence-electron chi connectivity index (χ3n) is 4.64. The van der Waals surface area contributed by atoms with Gasteiger partial charge in [-0.1, -0.05) is 58.0 Å². The van der Waals surface area contributed by atoms with Crippen LogP contribution in [0.3, 0.4) is 0 Å². The van der Waals surface area contributed by atoms with Gasteiger partial charge in [0.2, 0.25) is 5.91 Å². The molecule has 0 bridgehead atoms. The molecule has 2 amide bonds. The van der Waals surface area contributed by atoms with Gasteiger partial charge in [0.15, 0.2) is 4.34 Å². The van der Waals surface area contributed by atoms with Gasteiger partial charge in [0, 0.05) is 22.3 Å². The zero-order chi connectivity index (χ0) is 22.3. The summed E-state index contributed by atoms with van der Waals surface area (Å²) in [6.45, 7) is 0.616. The third kappa shape index (κ3) is 6.18. The molecule has 0 fully saturated rings. The summed E-state index contributed by atoms with van der Waals surface area (Å²) in [4.78, 5) is 29.2. The van der Waals surface area contributed by atoms with Gasteiger partial charge in [0.05, 0.1) is 16.0 Å². The van der Waals surface area contributed by atoms with Crippen LogP contribution < -0.4 is 10.6 Å². The molecule has 3 aromatic carbocycles. The molecule has 4 aromatic rings. The first-order valence-corrected chi connectivity index (χ1v) is 12.6. The molecule has 0 saturated carbocycles. The number of aromatic nitrogens is 1. The van der Waals surface area contributed by atoms with E-state index in [1.807, 2.05) is 48.5 Å². The summed E-state index contributed by atoms with van der Waals surface area (Å²) in [5, 5.41) is 5.87. The van der Waals surface area contributed by atoms with Crippen molar-refractivity contribution in [2.45, 2.75) is 10.8 Å². The fourth-order valence-electron chi connectivity index (χ4n) is 3.02. The van der Waals surface area contributed by atoms with Crippen molar-refractivity contribution in [1.82, 2.24) is 10.3 Å². The first kappa shape index (κ1) is 22.5. The van der Waals surface area contributed by atoms with Crippen LogP contribution >= 0.6 is 39.0 Å². The molecule has 8 heteroatoms. The molecule has 0 aliphatic heterocycles. The van der Waals surface area contributed by atoms with Gasteiger partial charge in [0.1, 0.15) is 0 Å². The number of anilines is 1. The highest BCUT2D eigenvalue weighted by atomic mass is 79.9. The smallest absolute Gasteiger partial charge is 0.255 e. The number of benzene rings is 3. The van der Waals surface area contributed by atoms with Crippen LogP contribution in [0.15, 0.2) is 81.6 Å². The van der Waals surface area contributed by atoms with Crippen molar-refractivity contribution in [1.29, 1.82) is 0 Å². The number of nitrogens with zero attached hydrogens (tertiary/aromatic N) is 1. The molecule has 0 radical (unpaired) electrons. The van der Waals surface area contributed by atoms with Gasteiger partial charge < -0.3 is 10.6 Å². The number of carbonyl (C=O) groups is 2. The van der Waals surface area contributed by atoms with E-state index in [-0.39, 0.29) is 11.8 Å². The average Bonchev–Trinajstić information content (AvgIpc) is 3.21. The molecule has 0 unspecified atom stereocenters. The quantitative estimate of drug-likeness (QED) is 0.287. The Morgan fingerprint density at radius 3 is 2.56 bits per heavy atom. The molecular weight excluding hydrogens is 506 g/mol. The van der Waals surface area contributed by atoms with Crippen LogP contribution in [-0.2, 0) is 11.2 Å². The first-order chi connectivity index (χ1) is 15.6. The lowest BCUT2D eigenvalue weighted by Crippen LogP contribution is -2.27. The van der Waals surface area contributed by atoms with Crippen LogP contribution in [0.2, 0.25) is 0 Å². The van der Waals surface area contributed by atoms with Gasteiger partial charge in [-0.3, -0.25) is 9.59 Å². The Bertz CT molecular complexity index is 1230. The third-order valence-corrected chi connectivity index (χ3v) is 7.33. The second-order valence-electron chi connectivity index (χ2n) is 7.00. The Balaban J connectivity index is 1.30. The van der Waals surface area contributed by atoms with E-state index < -0.39 is 0 Å². The number of nitrogens with one attached hydrogen (secondary N) is 2. The average molecular weight is 526 g/mol. The fraction of sp³-hybridized carbons (Fsp3) is 0.125. The minimum atomic E-state index is -0.164. The highest BCUT2D eigenvalue weighted by Gasteiger charge is 2.10. The van der Waals surface area contributed by atoms with Gasteiger partial charge in [0.25, 0.3) is 5.91 Å². The molecule has 0 atom stereocenters. The maximum absolute atomic E-state index is 12.4. The lowest BCUT2D eigenvalue weighted by Gasteiger charge is -2.05. The molecule has 0 aliphatic rings. The van der Waals surface area contributed by atoms with Crippen molar-refractivity contribution in [3.8, 4) is 0 Å². The first-order valence-electron chi connectivity index (χ1n) is 9.98. The van der Waals surface area contributed by atoms with E-state index in [9.17, 15) is 9.59 Å². The minimum Gasteiger partial charge on any atom is -0.355 e. The summed E-state index contributed by atoms with van der Waals surface area (Å²) in [6.07, 6.45) is 0.813. The fourth-order valence-corrected chi connectivity index (χ4v) is 5.22. The predicted molar refractivity (Wildman–Crippen MR) is 136 cm³/mol. The summed E-state index contributed by atoms with van der Waals surface area (Å²) in [5.41, 5.74) is 3.36. The van der Waals surface area contributed by atoms with E-state index in [2.05, 4.69) is 43.7 Å². The molecule has 32 heavy (non-hydrogen) atoms. The lowest BCUT2D eigenvalue weighted by atomic mass is 10.1. The Morgan fingerprint density at radius 2 is 1.78 bits per heavy atom. The lowest BCUT2D eigenvalue weighted by molar-refractivity contribution is -0.118. The van der Waals surface area contributed by atoms with Gasteiger partial charge in [-0.25, -0.2) is 4.98 Å². The molecule has 1 heterocycles. The summed E-state index contributed by atoms with van der Waals surface area (Å²) in [6, 6.07) is 22.9. The number of halogens is 1. The van der Waals surface area contributed by atoms with Crippen molar-refractivity contribution < 1.29 is 9.59 Å². The predicted octanol–water partition coefficient (Wildman–Crippen LogP) is 5.76. The molecule has 0 spiro atoms. The summed E-state index contributed by atoms with van der Waals surface area (Å²) >= 11 is 6.31. The second kappa shape index (κ2) is 10.8. The second-order valence-corrected chi connectivity index (χ2v) is 10.2. The molecule has 0 aliphatic carbocycles. The van der Waals surface area contributed by atoms with Crippen LogP contribution in [0.1, 0.15) is 15.9 Å². The van der Waals surface area contributed by atoms with Crippen molar-refractivity contribution in [2.24, 2.45) is 0 Å². The maximum atomic E-state index is 12.4.